The summed E-state index contributed by atoms with van der Waals surface area (Å²) in [6, 6.07) is 21.9. The lowest BCUT2D eigenvalue weighted by Crippen LogP contribution is -2.03. The second kappa shape index (κ2) is 6.42. The molecule has 4 heteroatoms. The number of nitro benzene ring substituents is 1. The van der Waals surface area contributed by atoms with E-state index in [2.05, 4.69) is 36.4 Å². The van der Waals surface area contributed by atoms with Gasteiger partial charge in [-0.05, 0) is 76.6 Å². The molecule has 0 aliphatic heterocycles. The summed E-state index contributed by atoms with van der Waals surface area (Å²) in [5, 5.41) is 16.8. The molecule has 0 bridgehead atoms. The van der Waals surface area contributed by atoms with Crippen molar-refractivity contribution in [2.45, 2.75) is 25.7 Å². The maximum Gasteiger partial charge on any atom is 0.280 e. The van der Waals surface area contributed by atoms with Gasteiger partial charge < -0.3 is 4.42 Å². The Morgan fingerprint density at radius 3 is 2.43 bits per heavy atom. The van der Waals surface area contributed by atoms with Crippen LogP contribution in [0.5, 0.6) is 0 Å². The van der Waals surface area contributed by atoms with Crippen LogP contribution >= 0.6 is 0 Å². The van der Waals surface area contributed by atoms with E-state index in [1.165, 1.54) is 46.2 Å². The van der Waals surface area contributed by atoms with Gasteiger partial charge in [0, 0.05) is 11.6 Å². The molecule has 0 atom stereocenters. The molecule has 0 fully saturated rings. The van der Waals surface area contributed by atoms with Crippen molar-refractivity contribution < 1.29 is 9.34 Å². The molecule has 0 unspecified atom stereocenters. The van der Waals surface area contributed by atoms with Crippen LogP contribution in [0.4, 0.5) is 5.69 Å². The van der Waals surface area contributed by atoms with Gasteiger partial charge in [-0.25, -0.2) is 0 Å². The van der Waals surface area contributed by atoms with Gasteiger partial charge >= 0.3 is 0 Å². The first kappa shape index (κ1) is 17.2. The lowest BCUT2D eigenvalue weighted by Gasteiger charge is -2.19. The van der Waals surface area contributed by atoms with E-state index >= 15 is 0 Å². The van der Waals surface area contributed by atoms with Crippen LogP contribution in [0.2, 0.25) is 0 Å². The Hall–Kier alpha value is -3.66. The second-order valence-electron chi connectivity index (χ2n) is 8.03. The van der Waals surface area contributed by atoms with E-state index in [0.717, 1.165) is 23.8 Å². The first-order valence-corrected chi connectivity index (χ1v) is 10.3. The highest BCUT2D eigenvalue weighted by Crippen LogP contribution is 2.41. The Morgan fingerprint density at radius 1 is 0.767 bits per heavy atom. The van der Waals surface area contributed by atoms with Crippen molar-refractivity contribution in [3.63, 3.8) is 0 Å². The smallest absolute Gasteiger partial charge is 0.280 e. The minimum absolute atomic E-state index is 0.0740. The van der Waals surface area contributed by atoms with Gasteiger partial charge in [0.1, 0.15) is 11.3 Å². The highest BCUT2D eigenvalue weighted by molar-refractivity contribution is 6.14. The number of nitrogens with zero attached hydrogens (tertiary/aromatic N) is 1. The maximum atomic E-state index is 11.5. The van der Waals surface area contributed by atoms with Gasteiger partial charge in [0.15, 0.2) is 0 Å². The molecule has 1 aromatic heterocycles. The first-order valence-electron chi connectivity index (χ1n) is 10.3. The Labute approximate surface area is 172 Å². The highest BCUT2D eigenvalue weighted by atomic mass is 16.6. The molecule has 0 radical (unpaired) electrons. The first-order chi connectivity index (χ1) is 14.7. The van der Waals surface area contributed by atoms with Gasteiger partial charge in [0.2, 0.25) is 0 Å². The minimum Gasteiger partial charge on any atom is -0.456 e. The van der Waals surface area contributed by atoms with Crippen molar-refractivity contribution in [1.82, 2.24) is 0 Å². The summed E-state index contributed by atoms with van der Waals surface area (Å²) < 4.78 is 6.14. The molecule has 1 aliphatic carbocycles. The molecule has 0 saturated heterocycles. The monoisotopic (exact) mass is 393 g/mol. The van der Waals surface area contributed by atoms with Crippen LogP contribution in [0.3, 0.4) is 0 Å². The summed E-state index contributed by atoms with van der Waals surface area (Å²) in [4.78, 5) is 11.1. The summed E-state index contributed by atoms with van der Waals surface area (Å²) in [5.41, 5.74) is 4.48. The summed E-state index contributed by atoms with van der Waals surface area (Å²) in [7, 11) is 0. The van der Waals surface area contributed by atoms with Crippen LogP contribution in [0.15, 0.2) is 71.1 Å². The molecule has 1 heterocycles. The molecular weight excluding hydrogens is 374 g/mol. The predicted octanol–water partition coefficient (Wildman–Crippen LogP) is 7.19. The molecule has 6 rings (SSSR count). The number of aryl methyl sites for hydroxylation is 2. The molecule has 4 nitrogen and oxygen atoms in total. The predicted molar refractivity (Wildman–Crippen MR) is 120 cm³/mol. The molecule has 0 spiro atoms. The Balaban J connectivity index is 1.71. The molecule has 1 aliphatic rings. The van der Waals surface area contributed by atoms with E-state index in [-0.39, 0.29) is 10.6 Å². The van der Waals surface area contributed by atoms with E-state index in [9.17, 15) is 10.1 Å². The molecule has 0 N–H and O–H groups in total. The van der Waals surface area contributed by atoms with Gasteiger partial charge in [-0.15, -0.1) is 0 Å². The number of fused-ring (bicyclic) bond motifs is 6. The number of nitro groups is 1. The van der Waals surface area contributed by atoms with Crippen molar-refractivity contribution in [2.24, 2.45) is 0 Å². The zero-order valence-corrected chi connectivity index (χ0v) is 16.4. The van der Waals surface area contributed by atoms with Crippen LogP contribution in [0.1, 0.15) is 24.0 Å². The van der Waals surface area contributed by atoms with Crippen LogP contribution < -0.4 is 0 Å². The molecular formula is C26H19NO3. The van der Waals surface area contributed by atoms with E-state index in [1.807, 2.05) is 12.1 Å². The van der Waals surface area contributed by atoms with Gasteiger partial charge in [-0.3, -0.25) is 10.1 Å². The zero-order chi connectivity index (χ0) is 20.2. The van der Waals surface area contributed by atoms with Crippen molar-refractivity contribution in [1.29, 1.82) is 0 Å². The fourth-order valence-corrected chi connectivity index (χ4v) is 4.97. The third-order valence-electron chi connectivity index (χ3n) is 6.37. The third kappa shape index (κ3) is 2.47. The lowest BCUT2D eigenvalue weighted by molar-refractivity contribution is -0.383. The lowest BCUT2D eigenvalue weighted by atomic mass is 9.85. The fourth-order valence-electron chi connectivity index (χ4n) is 4.97. The fraction of sp³-hybridized carbons (Fsp3) is 0.154. The number of benzene rings is 4. The molecule has 30 heavy (non-hydrogen) atoms. The molecule has 0 saturated carbocycles. The van der Waals surface area contributed by atoms with E-state index < -0.39 is 0 Å². The largest absolute Gasteiger partial charge is 0.456 e. The quantitative estimate of drug-likeness (QED) is 0.181. The Bertz CT molecular complexity index is 1480. The minimum atomic E-state index is -0.351. The van der Waals surface area contributed by atoms with Gasteiger partial charge in [-0.2, -0.15) is 0 Å². The van der Waals surface area contributed by atoms with Crippen LogP contribution in [0, 0.1) is 10.1 Å². The summed E-state index contributed by atoms with van der Waals surface area (Å²) in [6.45, 7) is 0. The average Bonchev–Trinajstić information content (AvgIpc) is 3.22. The van der Waals surface area contributed by atoms with Crippen LogP contribution in [0.25, 0.3) is 43.8 Å². The second-order valence-corrected chi connectivity index (χ2v) is 8.03. The molecule has 4 aromatic carbocycles. The van der Waals surface area contributed by atoms with Crippen molar-refractivity contribution in [3.8, 4) is 11.3 Å². The summed E-state index contributed by atoms with van der Waals surface area (Å²) in [6.07, 6.45) is 4.68. The van der Waals surface area contributed by atoms with Crippen molar-refractivity contribution in [2.75, 3.05) is 0 Å². The van der Waals surface area contributed by atoms with Crippen LogP contribution in [-0.4, -0.2) is 4.92 Å². The third-order valence-corrected chi connectivity index (χ3v) is 6.37. The number of hydrogen-bond acceptors (Lipinski definition) is 3. The normalized spacial score (nSPS) is 13.7. The molecule has 146 valence electrons. The SMILES string of the molecule is O=[N+]([O-])c1cccc2oc(-c3cc4c5c(ccc4c4ccccc34)CCCC5)cc12. The Morgan fingerprint density at radius 2 is 1.57 bits per heavy atom. The molecule has 0 amide bonds. The van der Waals surface area contributed by atoms with Crippen molar-refractivity contribution in [3.05, 3.63) is 88.0 Å². The van der Waals surface area contributed by atoms with E-state index in [0.29, 0.717) is 16.7 Å². The topological polar surface area (TPSA) is 56.3 Å². The summed E-state index contributed by atoms with van der Waals surface area (Å²) >= 11 is 0. The van der Waals surface area contributed by atoms with Gasteiger partial charge in [0.25, 0.3) is 5.69 Å². The highest BCUT2D eigenvalue weighted by Gasteiger charge is 2.20. The summed E-state index contributed by atoms with van der Waals surface area (Å²) in [5.74, 6) is 0.672. The number of furan rings is 1. The zero-order valence-electron chi connectivity index (χ0n) is 16.4. The van der Waals surface area contributed by atoms with E-state index in [1.54, 1.807) is 12.1 Å². The number of non-ortho nitro benzene ring substituents is 1. The maximum absolute atomic E-state index is 11.5. The Kier molecular flexibility index (Phi) is 3.69. The average molecular weight is 393 g/mol. The van der Waals surface area contributed by atoms with Gasteiger partial charge in [0.05, 0.1) is 10.3 Å². The van der Waals surface area contributed by atoms with Crippen molar-refractivity contribution >= 4 is 38.2 Å². The van der Waals surface area contributed by atoms with E-state index in [4.69, 9.17) is 4.42 Å². The number of rotatable bonds is 2. The molecule has 5 aromatic rings. The standard InChI is InChI=1S/C26H19NO3/c28-27(29)24-10-5-11-25-23(24)15-26(30-25)22-14-21-17-7-2-1-6-16(17)12-13-20(21)18-8-3-4-9-19(18)22/h3-5,8-15H,1-2,6-7H2. The van der Waals surface area contributed by atoms with Gasteiger partial charge in [-0.1, -0.05) is 42.5 Å². The van der Waals surface area contributed by atoms with Crippen LogP contribution in [-0.2, 0) is 12.8 Å². The number of hydrogen-bond donors (Lipinski definition) is 0.